The van der Waals surface area contributed by atoms with E-state index < -0.39 is 0 Å². The fourth-order valence-electron chi connectivity index (χ4n) is 1.81. The number of benzene rings is 2. The van der Waals surface area contributed by atoms with Gasteiger partial charge in [0.2, 0.25) is 0 Å². The van der Waals surface area contributed by atoms with E-state index in [1.54, 1.807) is 12.1 Å². The minimum absolute atomic E-state index is 0.271. The molecule has 0 aromatic heterocycles. The number of rotatable bonds is 5. The quantitative estimate of drug-likeness (QED) is 0.555. The fraction of sp³-hybridized carbons (Fsp3) is 0.200. The number of hydrogen-bond donors (Lipinski definition) is 1. The van der Waals surface area contributed by atoms with Crippen LogP contribution in [0.5, 0.6) is 5.75 Å². The van der Waals surface area contributed by atoms with Gasteiger partial charge < -0.3 is 10.1 Å². The smallest absolute Gasteiger partial charge is 0.147 e. The molecule has 2 rings (SSSR count). The van der Waals surface area contributed by atoms with Crippen molar-refractivity contribution in [3.05, 3.63) is 55.1 Å². The molecule has 2 aromatic carbocycles. The molecule has 0 aliphatic carbocycles. The van der Waals surface area contributed by atoms with Crippen LogP contribution in [-0.4, -0.2) is 6.61 Å². The molecule has 112 valence electrons. The highest BCUT2D eigenvalue weighted by Crippen LogP contribution is 2.35. The van der Waals surface area contributed by atoms with Gasteiger partial charge in [-0.3, -0.25) is 0 Å². The van der Waals surface area contributed by atoms with Gasteiger partial charge in [0.25, 0.3) is 0 Å². The highest BCUT2D eigenvalue weighted by atomic mass is 79.9. The number of anilines is 1. The Kier molecular flexibility index (Phi) is 6.08. The maximum atomic E-state index is 13.2. The first-order valence-corrected chi connectivity index (χ1v) is 8.68. The van der Waals surface area contributed by atoms with Gasteiger partial charge in [-0.15, -0.1) is 0 Å². The molecule has 2 aromatic rings. The summed E-state index contributed by atoms with van der Waals surface area (Å²) in [7, 11) is 0. The third-order valence-electron chi connectivity index (χ3n) is 2.76. The van der Waals surface area contributed by atoms with Crippen LogP contribution in [0, 0.1) is 5.82 Å². The van der Waals surface area contributed by atoms with Gasteiger partial charge in [0.15, 0.2) is 0 Å². The Morgan fingerprint density at radius 1 is 1.05 bits per heavy atom. The largest absolute Gasteiger partial charge is 0.492 e. The third kappa shape index (κ3) is 4.44. The predicted octanol–water partition coefficient (Wildman–Crippen LogP) is 6.12. The summed E-state index contributed by atoms with van der Waals surface area (Å²) in [5, 5.41) is 3.26. The van der Waals surface area contributed by atoms with E-state index in [1.165, 1.54) is 6.07 Å². The summed E-state index contributed by atoms with van der Waals surface area (Å²) in [6.07, 6.45) is 0. The molecule has 1 N–H and O–H groups in total. The van der Waals surface area contributed by atoms with E-state index in [2.05, 4.69) is 53.1 Å². The molecule has 0 fully saturated rings. The predicted molar refractivity (Wildman–Crippen MR) is 94.4 cm³/mol. The first kappa shape index (κ1) is 16.8. The number of nitrogens with one attached hydrogen (secondary N) is 1. The average molecular weight is 482 g/mol. The minimum atomic E-state index is -0.271. The zero-order chi connectivity index (χ0) is 15.4. The molecule has 2 nitrogen and oxygen atoms in total. The highest BCUT2D eigenvalue weighted by Gasteiger charge is 2.08. The molecule has 0 heterocycles. The van der Waals surface area contributed by atoms with Crippen LogP contribution in [-0.2, 0) is 6.54 Å². The van der Waals surface area contributed by atoms with Gasteiger partial charge in [-0.1, -0.05) is 0 Å². The summed E-state index contributed by atoms with van der Waals surface area (Å²) in [6, 6.07) is 8.85. The van der Waals surface area contributed by atoms with Crippen molar-refractivity contribution in [3.63, 3.8) is 0 Å². The summed E-state index contributed by atoms with van der Waals surface area (Å²) in [6.45, 7) is 3.18. The second kappa shape index (κ2) is 7.61. The van der Waals surface area contributed by atoms with Crippen molar-refractivity contribution < 1.29 is 9.13 Å². The van der Waals surface area contributed by atoms with Crippen molar-refractivity contribution in [2.45, 2.75) is 13.5 Å². The van der Waals surface area contributed by atoms with Crippen molar-refractivity contribution in [2.75, 3.05) is 11.9 Å². The first-order chi connectivity index (χ1) is 10.0. The summed E-state index contributed by atoms with van der Waals surface area (Å²) in [4.78, 5) is 0. The molecular weight excluding hydrogens is 469 g/mol. The van der Waals surface area contributed by atoms with E-state index in [0.29, 0.717) is 17.6 Å². The van der Waals surface area contributed by atoms with Crippen LogP contribution in [0.25, 0.3) is 0 Å². The Labute approximate surface area is 148 Å². The molecule has 6 heteroatoms. The third-order valence-corrected chi connectivity index (χ3v) is 4.55. The highest BCUT2D eigenvalue weighted by molar-refractivity contribution is 9.11. The van der Waals surface area contributed by atoms with Crippen molar-refractivity contribution >= 4 is 53.5 Å². The normalized spacial score (nSPS) is 10.5. The molecule has 21 heavy (non-hydrogen) atoms. The summed E-state index contributed by atoms with van der Waals surface area (Å²) in [5.74, 6) is 0.526. The van der Waals surface area contributed by atoms with Crippen LogP contribution in [0.3, 0.4) is 0 Å². The van der Waals surface area contributed by atoms with Gasteiger partial charge in [-0.25, -0.2) is 4.39 Å². The number of ether oxygens (including phenoxy) is 1. The fourth-order valence-corrected chi connectivity index (χ4v) is 3.70. The van der Waals surface area contributed by atoms with Crippen LogP contribution >= 0.6 is 47.8 Å². The number of hydrogen-bond acceptors (Lipinski definition) is 2. The van der Waals surface area contributed by atoms with Crippen molar-refractivity contribution in [1.29, 1.82) is 0 Å². The van der Waals surface area contributed by atoms with Crippen LogP contribution in [0.2, 0.25) is 0 Å². The average Bonchev–Trinajstić information content (AvgIpc) is 2.44. The van der Waals surface area contributed by atoms with Crippen molar-refractivity contribution in [2.24, 2.45) is 0 Å². The molecule has 0 radical (unpaired) electrons. The van der Waals surface area contributed by atoms with Crippen molar-refractivity contribution in [3.8, 4) is 5.75 Å². The number of halogens is 4. The Bertz CT molecular complexity index is 626. The van der Waals surface area contributed by atoms with Crippen LogP contribution in [0.15, 0.2) is 43.7 Å². The summed E-state index contributed by atoms with van der Waals surface area (Å²) in [5.41, 5.74) is 1.93. The Morgan fingerprint density at radius 2 is 1.71 bits per heavy atom. The molecule has 0 aliphatic heterocycles. The Morgan fingerprint density at radius 3 is 2.29 bits per heavy atom. The molecule has 0 atom stereocenters. The maximum Gasteiger partial charge on any atom is 0.147 e. The lowest BCUT2D eigenvalue weighted by Crippen LogP contribution is -2.01. The molecule has 0 unspecified atom stereocenters. The molecule has 0 saturated carbocycles. The van der Waals surface area contributed by atoms with Gasteiger partial charge in [0.05, 0.1) is 20.0 Å². The molecule has 0 saturated heterocycles. The van der Waals surface area contributed by atoms with Gasteiger partial charge in [-0.05, 0) is 90.6 Å². The first-order valence-electron chi connectivity index (χ1n) is 6.31. The van der Waals surface area contributed by atoms with E-state index in [-0.39, 0.29) is 5.82 Å². The maximum absolute atomic E-state index is 13.2. The summed E-state index contributed by atoms with van der Waals surface area (Å²) >= 11 is 10.2. The van der Waals surface area contributed by atoms with E-state index in [4.69, 9.17) is 4.74 Å². The van der Waals surface area contributed by atoms with Crippen LogP contribution < -0.4 is 10.1 Å². The van der Waals surface area contributed by atoms with Gasteiger partial charge in [-0.2, -0.15) is 0 Å². The Balaban J connectivity index is 2.11. The second-order valence-electron chi connectivity index (χ2n) is 4.30. The van der Waals surface area contributed by atoms with Gasteiger partial charge in [0.1, 0.15) is 11.6 Å². The minimum Gasteiger partial charge on any atom is -0.492 e. The second-order valence-corrected chi connectivity index (χ2v) is 6.87. The topological polar surface area (TPSA) is 21.3 Å². The van der Waals surface area contributed by atoms with Gasteiger partial charge in [0, 0.05) is 12.2 Å². The molecule has 0 aliphatic rings. The van der Waals surface area contributed by atoms with Crippen molar-refractivity contribution in [1.82, 2.24) is 0 Å². The molecule has 0 bridgehead atoms. The van der Waals surface area contributed by atoms with E-state index in [9.17, 15) is 4.39 Å². The zero-order valence-corrected chi connectivity index (χ0v) is 16.0. The van der Waals surface area contributed by atoms with E-state index in [0.717, 1.165) is 25.9 Å². The summed E-state index contributed by atoms with van der Waals surface area (Å²) < 4.78 is 21.0. The van der Waals surface area contributed by atoms with E-state index in [1.807, 2.05) is 19.1 Å². The van der Waals surface area contributed by atoms with Crippen LogP contribution in [0.1, 0.15) is 12.5 Å². The lowest BCUT2D eigenvalue weighted by molar-refractivity contribution is 0.336. The lowest BCUT2D eigenvalue weighted by atomic mass is 10.2. The SMILES string of the molecule is CCOc1c(Br)cc(CNc2ccc(F)c(Br)c2)cc1Br. The molecular formula is C15H13Br3FNO. The Hall–Kier alpha value is -0.590. The molecule has 0 spiro atoms. The van der Waals surface area contributed by atoms with Gasteiger partial charge >= 0.3 is 0 Å². The van der Waals surface area contributed by atoms with E-state index >= 15 is 0 Å². The monoisotopic (exact) mass is 479 g/mol. The lowest BCUT2D eigenvalue weighted by Gasteiger charge is -2.12. The standard InChI is InChI=1S/C15H13Br3FNO/c1-2-21-15-12(17)5-9(6-13(15)18)8-20-10-3-4-14(19)11(16)7-10/h3-7,20H,2,8H2,1H3. The molecule has 0 amide bonds. The van der Waals surface area contributed by atoms with Crippen LogP contribution in [0.4, 0.5) is 10.1 Å². The zero-order valence-electron chi connectivity index (χ0n) is 11.2.